The first kappa shape index (κ1) is 13.0. The number of nitrogens with one attached hydrogen (secondary N) is 1. The summed E-state index contributed by atoms with van der Waals surface area (Å²) in [5.41, 5.74) is 0. The second-order valence-electron chi connectivity index (χ2n) is 5.59. The summed E-state index contributed by atoms with van der Waals surface area (Å²) in [5.74, 6) is 2.79. The zero-order valence-electron chi connectivity index (χ0n) is 10.9. The number of rotatable bonds is 7. The van der Waals surface area contributed by atoms with E-state index >= 15 is 0 Å². The van der Waals surface area contributed by atoms with Crippen molar-refractivity contribution in [2.24, 2.45) is 17.8 Å². The lowest BCUT2D eigenvalue weighted by Gasteiger charge is -2.24. The van der Waals surface area contributed by atoms with Gasteiger partial charge in [0, 0.05) is 0 Å². The Morgan fingerprint density at radius 1 is 1.20 bits per heavy atom. The minimum absolute atomic E-state index is 0.843. The van der Waals surface area contributed by atoms with Gasteiger partial charge < -0.3 is 5.32 Å². The predicted octanol–water partition coefficient (Wildman–Crippen LogP) is 3.84. The van der Waals surface area contributed by atoms with E-state index in [1.54, 1.807) is 0 Å². The first-order valence-corrected chi connectivity index (χ1v) is 6.94. The van der Waals surface area contributed by atoms with E-state index in [9.17, 15) is 0 Å². The molecular weight excluding hydrogens is 182 g/mol. The van der Waals surface area contributed by atoms with Crippen molar-refractivity contribution >= 4 is 0 Å². The maximum absolute atomic E-state index is 3.59. The van der Waals surface area contributed by atoms with Gasteiger partial charge in [0.2, 0.25) is 0 Å². The zero-order valence-corrected chi connectivity index (χ0v) is 10.9. The number of hydrogen-bond donors (Lipinski definition) is 1. The smallest absolute Gasteiger partial charge is 0.00180 e. The Labute approximate surface area is 96.0 Å². The molecule has 1 rings (SSSR count). The second-order valence-corrected chi connectivity index (χ2v) is 5.59. The van der Waals surface area contributed by atoms with E-state index in [-0.39, 0.29) is 0 Å². The maximum atomic E-state index is 3.59. The molecule has 0 aromatic rings. The van der Waals surface area contributed by atoms with Gasteiger partial charge in [-0.3, -0.25) is 0 Å². The third-order valence-corrected chi connectivity index (χ3v) is 3.89. The average molecular weight is 211 g/mol. The van der Waals surface area contributed by atoms with E-state index in [1.165, 1.54) is 51.6 Å². The molecule has 1 unspecified atom stereocenters. The van der Waals surface area contributed by atoms with Crippen molar-refractivity contribution in [3.8, 4) is 0 Å². The normalized spacial score (nSPS) is 20.0. The Hall–Kier alpha value is -0.0400. The van der Waals surface area contributed by atoms with Crippen LogP contribution in [0.5, 0.6) is 0 Å². The van der Waals surface area contributed by atoms with Crippen molar-refractivity contribution in [2.45, 2.75) is 59.3 Å². The van der Waals surface area contributed by atoms with Crippen LogP contribution in [0.4, 0.5) is 0 Å². The fraction of sp³-hybridized carbons (Fsp3) is 1.00. The van der Waals surface area contributed by atoms with Crippen LogP contribution >= 0.6 is 0 Å². The van der Waals surface area contributed by atoms with Gasteiger partial charge in [-0.2, -0.15) is 0 Å². The molecule has 1 aliphatic carbocycles. The third-order valence-electron chi connectivity index (χ3n) is 3.89. The molecule has 0 heterocycles. The zero-order chi connectivity index (χ0) is 11.1. The summed E-state index contributed by atoms with van der Waals surface area (Å²) in [4.78, 5) is 0. The summed E-state index contributed by atoms with van der Waals surface area (Å²) in [5, 5.41) is 3.59. The van der Waals surface area contributed by atoms with Crippen molar-refractivity contribution in [3.05, 3.63) is 0 Å². The van der Waals surface area contributed by atoms with Crippen LogP contribution < -0.4 is 5.32 Å². The van der Waals surface area contributed by atoms with Gasteiger partial charge in [0.15, 0.2) is 0 Å². The summed E-state index contributed by atoms with van der Waals surface area (Å²) in [6.07, 6.45) is 8.69. The predicted molar refractivity (Wildman–Crippen MR) is 68.1 cm³/mol. The Morgan fingerprint density at radius 2 is 1.87 bits per heavy atom. The Balaban J connectivity index is 2.22. The highest BCUT2D eigenvalue weighted by atomic mass is 14.9. The second kappa shape index (κ2) is 7.27. The molecular formula is C14H29N. The molecule has 90 valence electrons. The van der Waals surface area contributed by atoms with Gasteiger partial charge in [-0.05, 0) is 43.7 Å². The molecule has 1 saturated carbocycles. The molecule has 1 fully saturated rings. The van der Waals surface area contributed by atoms with E-state index in [0.29, 0.717) is 0 Å². The molecule has 1 nitrogen and oxygen atoms in total. The van der Waals surface area contributed by atoms with Crippen molar-refractivity contribution in [1.82, 2.24) is 5.32 Å². The lowest BCUT2D eigenvalue weighted by Crippen LogP contribution is -2.28. The fourth-order valence-electron chi connectivity index (χ4n) is 2.73. The SMILES string of the molecule is CCCNCC(CC1CCCC1)C(C)C. The summed E-state index contributed by atoms with van der Waals surface area (Å²) < 4.78 is 0. The van der Waals surface area contributed by atoms with Crippen LogP contribution in [0.1, 0.15) is 59.3 Å². The minimum atomic E-state index is 0.843. The van der Waals surface area contributed by atoms with Crippen molar-refractivity contribution in [3.63, 3.8) is 0 Å². The average Bonchev–Trinajstić information content (AvgIpc) is 2.69. The van der Waals surface area contributed by atoms with E-state index in [2.05, 4.69) is 26.1 Å². The largest absolute Gasteiger partial charge is 0.316 e. The van der Waals surface area contributed by atoms with Gasteiger partial charge in [-0.25, -0.2) is 0 Å². The van der Waals surface area contributed by atoms with Crippen LogP contribution in [-0.2, 0) is 0 Å². The summed E-state index contributed by atoms with van der Waals surface area (Å²) in [6.45, 7) is 9.44. The summed E-state index contributed by atoms with van der Waals surface area (Å²) in [7, 11) is 0. The Kier molecular flexibility index (Phi) is 6.31. The molecule has 15 heavy (non-hydrogen) atoms. The van der Waals surface area contributed by atoms with Crippen LogP contribution in [0.15, 0.2) is 0 Å². The minimum Gasteiger partial charge on any atom is -0.316 e. The molecule has 1 aliphatic rings. The van der Waals surface area contributed by atoms with Gasteiger partial charge in [0.05, 0.1) is 0 Å². The van der Waals surface area contributed by atoms with Gasteiger partial charge in [0.1, 0.15) is 0 Å². The molecule has 1 heteroatoms. The van der Waals surface area contributed by atoms with E-state index < -0.39 is 0 Å². The fourth-order valence-corrected chi connectivity index (χ4v) is 2.73. The number of hydrogen-bond acceptors (Lipinski definition) is 1. The van der Waals surface area contributed by atoms with Crippen molar-refractivity contribution in [1.29, 1.82) is 0 Å². The third kappa shape index (κ3) is 5.01. The van der Waals surface area contributed by atoms with Crippen molar-refractivity contribution < 1.29 is 0 Å². The molecule has 1 atom stereocenters. The van der Waals surface area contributed by atoms with Gasteiger partial charge in [-0.1, -0.05) is 46.5 Å². The first-order chi connectivity index (χ1) is 7.24. The summed E-state index contributed by atoms with van der Waals surface area (Å²) in [6, 6.07) is 0. The van der Waals surface area contributed by atoms with E-state index in [1.807, 2.05) is 0 Å². The Morgan fingerprint density at radius 3 is 2.40 bits per heavy atom. The lowest BCUT2D eigenvalue weighted by molar-refractivity contribution is 0.287. The van der Waals surface area contributed by atoms with Gasteiger partial charge in [-0.15, -0.1) is 0 Å². The lowest BCUT2D eigenvalue weighted by atomic mass is 9.85. The molecule has 0 radical (unpaired) electrons. The highest BCUT2D eigenvalue weighted by Gasteiger charge is 2.21. The Bertz CT molecular complexity index is 147. The maximum Gasteiger partial charge on any atom is -0.00180 e. The standard InChI is InChI=1S/C14H29N/c1-4-9-15-11-14(12(2)3)10-13-7-5-6-8-13/h12-15H,4-11H2,1-3H3. The molecule has 0 aromatic heterocycles. The van der Waals surface area contributed by atoms with Crippen LogP contribution in [0.2, 0.25) is 0 Å². The molecule has 0 amide bonds. The highest BCUT2D eigenvalue weighted by molar-refractivity contribution is 4.74. The topological polar surface area (TPSA) is 12.0 Å². The molecule has 0 aliphatic heterocycles. The highest BCUT2D eigenvalue weighted by Crippen LogP contribution is 2.32. The van der Waals surface area contributed by atoms with Crippen molar-refractivity contribution in [2.75, 3.05) is 13.1 Å². The first-order valence-electron chi connectivity index (χ1n) is 6.94. The summed E-state index contributed by atoms with van der Waals surface area (Å²) >= 11 is 0. The molecule has 0 spiro atoms. The molecule has 0 bridgehead atoms. The van der Waals surface area contributed by atoms with E-state index in [4.69, 9.17) is 0 Å². The van der Waals surface area contributed by atoms with Crippen LogP contribution in [0.3, 0.4) is 0 Å². The van der Waals surface area contributed by atoms with Gasteiger partial charge >= 0.3 is 0 Å². The molecule has 0 aromatic carbocycles. The van der Waals surface area contributed by atoms with Crippen LogP contribution in [-0.4, -0.2) is 13.1 Å². The van der Waals surface area contributed by atoms with Crippen LogP contribution in [0, 0.1) is 17.8 Å². The quantitative estimate of drug-likeness (QED) is 0.631. The van der Waals surface area contributed by atoms with Gasteiger partial charge in [0.25, 0.3) is 0 Å². The van der Waals surface area contributed by atoms with E-state index in [0.717, 1.165) is 17.8 Å². The molecule has 0 saturated heterocycles. The van der Waals surface area contributed by atoms with Crippen LogP contribution in [0.25, 0.3) is 0 Å². The molecule has 1 N–H and O–H groups in total. The monoisotopic (exact) mass is 211 g/mol.